The van der Waals surface area contributed by atoms with Crippen LogP contribution >= 0.6 is 11.6 Å². The maximum absolute atomic E-state index is 5.91. The van der Waals surface area contributed by atoms with E-state index in [1.54, 1.807) is 0 Å². The van der Waals surface area contributed by atoms with Gasteiger partial charge in [0.15, 0.2) is 0 Å². The van der Waals surface area contributed by atoms with Gasteiger partial charge in [0.05, 0.1) is 0 Å². The third-order valence-corrected chi connectivity index (χ3v) is 3.21. The zero-order valence-corrected chi connectivity index (χ0v) is 10.5. The second-order valence-corrected chi connectivity index (χ2v) is 4.86. The Morgan fingerprint density at radius 1 is 1.50 bits per heavy atom. The molecule has 4 nitrogen and oxygen atoms in total. The second-order valence-electron chi connectivity index (χ2n) is 4.21. The topological polar surface area (TPSA) is 48.2 Å². The Morgan fingerprint density at radius 2 is 2.19 bits per heavy atom. The molecule has 0 N–H and O–H groups in total. The van der Waals surface area contributed by atoms with Gasteiger partial charge in [0.1, 0.15) is 11.0 Å². The monoisotopic (exact) mass is 244 g/mol. The zero-order chi connectivity index (χ0) is 11.6. The van der Waals surface area contributed by atoms with Crippen molar-refractivity contribution >= 4 is 11.6 Å². The van der Waals surface area contributed by atoms with Crippen LogP contribution in [-0.4, -0.2) is 16.7 Å². The quantitative estimate of drug-likeness (QED) is 0.764. The Labute approximate surface area is 100 Å². The first-order valence-corrected chi connectivity index (χ1v) is 6.24. The molecular formula is C11H17ClN2O2. The molecule has 1 atom stereocenters. The van der Waals surface area contributed by atoms with Gasteiger partial charge in [0.25, 0.3) is 0 Å². The molecule has 0 bridgehead atoms. The molecule has 1 aromatic heterocycles. The van der Waals surface area contributed by atoms with Gasteiger partial charge in [0, 0.05) is 6.61 Å². The number of alkyl halides is 1. The van der Waals surface area contributed by atoms with E-state index in [9.17, 15) is 0 Å². The number of halogens is 1. The lowest BCUT2D eigenvalue weighted by atomic mass is 10.0. The van der Waals surface area contributed by atoms with Crippen LogP contribution in [0.25, 0.3) is 0 Å². The van der Waals surface area contributed by atoms with Gasteiger partial charge in [-0.15, -0.1) is 11.6 Å². The molecule has 0 aromatic carbocycles. The highest BCUT2D eigenvalue weighted by molar-refractivity contribution is 6.20. The highest BCUT2D eigenvalue weighted by atomic mass is 35.5. The van der Waals surface area contributed by atoms with Crippen molar-refractivity contribution in [1.82, 2.24) is 10.1 Å². The Morgan fingerprint density at radius 3 is 2.69 bits per heavy atom. The molecule has 1 fully saturated rings. The summed E-state index contributed by atoms with van der Waals surface area (Å²) >= 11 is 5.91. The highest BCUT2D eigenvalue weighted by Crippen LogP contribution is 2.41. The summed E-state index contributed by atoms with van der Waals surface area (Å²) in [5.41, 5.74) is -0.331. The maximum Gasteiger partial charge on any atom is 0.244 e. The van der Waals surface area contributed by atoms with Crippen LogP contribution in [-0.2, 0) is 10.3 Å². The number of hydrogen-bond donors (Lipinski definition) is 0. The summed E-state index contributed by atoms with van der Waals surface area (Å²) in [6.07, 6.45) is 4.24. The zero-order valence-electron chi connectivity index (χ0n) is 9.70. The molecule has 0 spiro atoms. The molecule has 1 unspecified atom stereocenters. The molecule has 0 amide bonds. The van der Waals surface area contributed by atoms with Crippen LogP contribution in [0.4, 0.5) is 0 Å². The average molecular weight is 245 g/mol. The van der Waals surface area contributed by atoms with Crippen LogP contribution in [0.2, 0.25) is 0 Å². The summed E-state index contributed by atoms with van der Waals surface area (Å²) in [6.45, 7) is 4.48. The van der Waals surface area contributed by atoms with Gasteiger partial charge in [-0.05, 0) is 39.5 Å². The molecule has 0 radical (unpaired) electrons. The minimum atomic E-state index is -0.331. The van der Waals surface area contributed by atoms with E-state index in [4.69, 9.17) is 20.9 Å². The molecular weight excluding hydrogens is 228 g/mol. The third kappa shape index (κ3) is 2.09. The summed E-state index contributed by atoms with van der Waals surface area (Å²) in [5, 5.41) is 3.77. The van der Waals surface area contributed by atoms with Crippen molar-refractivity contribution in [2.24, 2.45) is 0 Å². The number of rotatable bonds is 4. The normalized spacial score (nSPS) is 21.2. The van der Waals surface area contributed by atoms with Crippen LogP contribution < -0.4 is 0 Å². The van der Waals surface area contributed by atoms with Crippen molar-refractivity contribution in [3.8, 4) is 0 Å². The number of ether oxygens (including phenoxy) is 1. The van der Waals surface area contributed by atoms with Crippen molar-refractivity contribution < 1.29 is 9.26 Å². The fraction of sp³-hybridized carbons (Fsp3) is 0.818. The molecule has 90 valence electrons. The molecule has 1 aliphatic carbocycles. The van der Waals surface area contributed by atoms with E-state index in [0.717, 1.165) is 25.7 Å². The van der Waals surface area contributed by atoms with Gasteiger partial charge >= 0.3 is 0 Å². The number of hydrogen-bond acceptors (Lipinski definition) is 4. The summed E-state index contributed by atoms with van der Waals surface area (Å²) in [6, 6.07) is 0. The lowest BCUT2D eigenvalue weighted by Crippen LogP contribution is -2.27. The van der Waals surface area contributed by atoms with Gasteiger partial charge in [-0.1, -0.05) is 5.16 Å². The van der Waals surface area contributed by atoms with Crippen LogP contribution in [0.3, 0.4) is 0 Å². The van der Waals surface area contributed by atoms with E-state index in [1.807, 2.05) is 13.8 Å². The van der Waals surface area contributed by atoms with Crippen LogP contribution in [0, 0.1) is 0 Å². The highest BCUT2D eigenvalue weighted by Gasteiger charge is 2.41. The number of nitrogens with zero attached hydrogens (tertiary/aromatic N) is 2. The van der Waals surface area contributed by atoms with E-state index in [1.165, 1.54) is 0 Å². The standard InChI is InChI=1S/C11H17ClN2O2/c1-3-15-11(6-4-5-7-11)10-13-9(8(2)12)16-14-10/h8H,3-7H2,1-2H3. The average Bonchev–Trinajstić information content (AvgIpc) is 2.85. The Hall–Kier alpha value is -0.610. The summed E-state index contributed by atoms with van der Waals surface area (Å²) in [7, 11) is 0. The second kappa shape index (κ2) is 4.72. The molecule has 1 saturated carbocycles. The van der Waals surface area contributed by atoms with Crippen molar-refractivity contribution in [3.05, 3.63) is 11.7 Å². The van der Waals surface area contributed by atoms with Crippen LogP contribution in [0.15, 0.2) is 4.52 Å². The molecule has 5 heteroatoms. The molecule has 1 heterocycles. The SMILES string of the molecule is CCOC1(c2noc(C(C)Cl)n2)CCCC1. The Balaban J connectivity index is 2.24. The summed E-state index contributed by atoms with van der Waals surface area (Å²) in [4.78, 5) is 4.35. The van der Waals surface area contributed by atoms with Crippen LogP contribution in [0.1, 0.15) is 56.6 Å². The van der Waals surface area contributed by atoms with E-state index < -0.39 is 0 Å². The van der Waals surface area contributed by atoms with Crippen molar-refractivity contribution in [3.63, 3.8) is 0 Å². The van der Waals surface area contributed by atoms with E-state index >= 15 is 0 Å². The number of aromatic nitrogens is 2. The van der Waals surface area contributed by atoms with Crippen molar-refractivity contribution in [2.75, 3.05) is 6.61 Å². The van der Waals surface area contributed by atoms with Crippen molar-refractivity contribution in [2.45, 2.75) is 50.5 Å². The first kappa shape index (κ1) is 11.9. The van der Waals surface area contributed by atoms with E-state index in [-0.39, 0.29) is 11.0 Å². The Bertz CT molecular complexity index is 346. The molecule has 0 aliphatic heterocycles. The smallest absolute Gasteiger partial charge is 0.244 e. The maximum atomic E-state index is 5.91. The minimum absolute atomic E-state index is 0.249. The largest absolute Gasteiger partial charge is 0.367 e. The molecule has 16 heavy (non-hydrogen) atoms. The lowest BCUT2D eigenvalue weighted by Gasteiger charge is -2.24. The Kier molecular flexibility index (Phi) is 3.50. The summed E-state index contributed by atoms with van der Waals surface area (Å²) < 4.78 is 11.0. The van der Waals surface area contributed by atoms with Gasteiger partial charge in [-0.25, -0.2) is 0 Å². The molecule has 0 saturated heterocycles. The molecule has 2 rings (SSSR count). The minimum Gasteiger partial charge on any atom is -0.367 e. The predicted octanol–water partition coefficient (Wildman–Crippen LogP) is 3.18. The fourth-order valence-corrected chi connectivity index (χ4v) is 2.33. The van der Waals surface area contributed by atoms with E-state index in [2.05, 4.69) is 10.1 Å². The molecule has 1 aromatic rings. The molecule has 1 aliphatic rings. The van der Waals surface area contributed by atoms with E-state index in [0.29, 0.717) is 18.3 Å². The first-order valence-electron chi connectivity index (χ1n) is 5.80. The lowest BCUT2D eigenvalue weighted by molar-refractivity contribution is -0.0469. The van der Waals surface area contributed by atoms with Gasteiger partial charge in [-0.2, -0.15) is 4.98 Å². The van der Waals surface area contributed by atoms with Gasteiger partial charge < -0.3 is 9.26 Å². The van der Waals surface area contributed by atoms with Crippen LogP contribution in [0.5, 0.6) is 0 Å². The third-order valence-electron chi connectivity index (χ3n) is 3.02. The first-order chi connectivity index (χ1) is 7.68. The predicted molar refractivity (Wildman–Crippen MR) is 60.3 cm³/mol. The fourth-order valence-electron chi connectivity index (χ4n) is 2.24. The van der Waals surface area contributed by atoms with Crippen molar-refractivity contribution in [1.29, 1.82) is 0 Å². The summed E-state index contributed by atoms with van der Waals surface area (Å²) in [5.74, 6) is 1.14. The van der Waals surface area contributed by atoms with Gasteiger partial charge in [-0.3, -0.25) is 0 Å². The van der Waals surface area contributed by atoms with Gasteiger partial charge in [0.2, 0.25) is 11.7 Å².